The lowest BCUT2D eigenvalue weighted by molar-refractivity contribution is -0.107. The van der Waals surface area contributed by atoms with Crippen molar-refractivity contribution in [3.8, 4) is 0 Å². The van der Waals surface area contributed by atoms with Gasteiger partial charge >= 0.3 is 0 Å². The van der Waals surface area contributed by atoms with E-state index in [0.717, 1.165) is 31.5 Å². The second-order valence-corrected chi connectivity index (χ2v) is 5.81. The quantitative estimate of drug-likeness (QED) is 0.612. The van der Waals surface area contributed by atoms with E-state index < -0.39 is 0 Å². The van der Waals surface area contributed by atoms with Crippen LogP contribution in [0.2, 0.25) is 0 Å². The number of thioether (sulfide) groups is 1. The van der Waals surface area contributed by atoms with Gasteiger partial charge in [0.15, 0.2) is 0 Å². The van der Waals surface area contributed by atoms with Gasteiger partial charge in [-0.3, -0.25) is 0 Å². The maximum Gasteiger partial charge on any atom is 0.133 e. The number of ether oxygens (including phenoxy) is 1. The molecule has 0 saturated heterocycles. The Morgan fingerprint density at radius 3 is 2.75 bits per heavy atom. The number of carbonyl (C=O) groups is 1. The highest BCUT2D eigenvalue weighted by Gasteiger charge is 2.14. The minimum absolute atomic E-state index is 0.142. The van der Waals surface area contributed by atoms with Gasteiger partial charge in [-0.15, -0.1) is 0 Å². The highest BCUT2D eigenvalue weighted by molar-refractivity contribution is 8.00. The summed E-state index contributed by atoms with van der Waals surface area (Å²) in [5.74, 6) is 1.08. The molecule has 0 heterocycles. The molecule has 1 aliphatic rings. The van der Waals surface area contributed by atoms with Crippen molar-refractivity contribution < 1.29 is 9.53 Å². The van der Waals surface area contributed by atoms with Crippen LogP contribution in [0.3, 0.4) is 0 Å². The van der Waals surface area contributed by atoms with Crippen molar-refractivity contribution in [3.05, 3.63) is 0 Å². The van der Waals surface area contributed by atoms with Gasteiger partial charge in [-0.1, -0.05) is 26.2 Å². The first-order valence-corrected chi connectivity index (χ1v) is 7.60. The first-order chi connectivity index (χ1) is 7.86. The molecule has 94 valence electrons. The Kier molecular flexibility index (Phi) is 7.95. The SMILES string of the molecule is CCCSC(C=O)CCOC1CCCCC1. The monoisotopic (exact) mass is 244 g/mol. The van der Waals surface area contributed by atoms with Crippen molar-refractivity contribution in [2.24, 2.45) is 0 Å². The molecule has 1 saturated carbocycles. The Hall–Kier alpha value is -0.0200. The number of hydrogen-bond acceptors (Lipinski definition) is 3. The summed E-state index contributed by atoms with van der Waals surface area (Å²) in [6.07, 6.45) is 9.98. The average molecular weight is 244 g/mol. The molecule has 1 fully saturated rings. The van der Waals surface area contributed by atoms with Gasteiger partial charge < -0.3 is 9.53 Å². The lowest BCUT2D eigenvalue weighted by Gasteiger charge is -2.22. The van der Waals surface area contributed by atoms with E-state index >= 15 is 0 Å². The van der Waals surface area contributed by atoms with Gasteiger partial charge in [-0.05, 0) is 31.4 Å². The molecule has 2 nitrogen and oxygen atoms in total. The maximum absolute atomic E-state index is 10.8. The third-order valence-corrected chi connectivity index (χ3v) is 4.41. The Morgan fingerprint density at radius 1 is 1.38 bits per heavy atom. The van der Waals surface area contributed by atoms with Gasteiger partial charge in [0.25, 0.3) is 0 Å². The van der Waals surface area contributed by atoms with Crippen molar-refractivity contribution in [2.75, 3.05) is 12.4 Å². The lowest BCUT2D eigenvalue weighted by Crippen LogP contribution is -2.19. The fourth-order valence-electron chi connectivity index (χ4n) is 2.04. The van der Waals surface area contributed by atoms with E-state index in [0.29, 0.717) is 6.10 Å². The molecule has 16 heavy (non-hydrogen) atoms. The van der Waals surface area contributed by atoms with Gasteiger partial charge in [0.05, 0.1) is 11.4 Å². The van der Waals surface area contributed by atoms with Crippen LogP contribution in [-0.2, 0) is 9.53 Å². The standard InChI is InChI=1S/C13H24O2S/c1-2-10-16-13(11-14)8-9-15-12-6-4-3-5-7-12/h11-13H,2-10H2,1H3. The van der Waals surface area contributed by atoms with Crippen LogP contribution < -0.4 is 0 Å². The Balaban J connectivity index is 2.05. The summed E-state index contributed by atoms with van der Waals surface area (Å²) in [7, 11) is 0. The van der Waals surface area contributed by atoms with Crippen LogP contribution in [0, 0.1) is 0 Å². The van der Waals surface area contributed by atoms with Crippen LogP contribution in [0.25, 0.3) is 0 Å². The average Bonchev–Trinajstić information content (AvgIpc) is 2.35. The second-order valence-electron chi connectivity index (χ2n) is 4.46. The zero-order chi connectivity index (χ0) is 11.6. The Labute approximate surface area is 104 Å². The van der Waals surface area contributed by atoms with Crippen LogP contribution >= 0.6 is 11.8 Å². The summed E-state index contributed by atoms with van der Waals surface area (Å²) in [5, 5.41) is 0.142. The summed E-state index contributed by atoms with van der Waals surface area (Å²) in [6, 6.07) is 0. The molecule has 0 radical (unpaired) electrons. The van der Waals surface area contributed by atoms with E-state index in [1.54, 1.807) is 11.8 Å². The van der Waals surface area contributed by atoms with Crippen molar-refractivity contribution in [3.63, 3.8) is 0 Å². The molecule has 0 amide bonds. The van der Waals surface area contributed by atoms with E-state index in [-0.39, 0.29) is 5.25 Å². The molecule has 1 aliphatic carbocycles. The van der Waals surface area contributed by atoms with E-state index in [1.165, 1.54) is 32.1 Å². The normalized spacial score (nSPS) is 19.6. The fourth-order valence-corrected chi connectivity index (χ4v) is 2.92. The molecule has 0 N–H and O–H groups in total. The third-order valence-electron chi connectivity index (χ3n) is 3.00. The molecule has 1 rings (SSSR count). The minimum Gasteiger partial charge on any atom is -0.378 e. The van der Waals surface area contributed by atoms with Crippen LogP contribution in [0.1, 0.15) is 51.9 Å². The maximum atomic E-state index is 10.8. The van der Waals surface area contributed by atoms with E-state index in [1.807, 2.05) is 0 Å². The summed E-state index contributed by atoms with van der Waals surface area (Å²) < 4.78 is 5.82. The molecular weight excluding hydrogens is 220 g/mol. The van der Waals surface area contributed by atoms with E-state index in [9.17, 15) is 4.79 Å². The molecule has 0 aromatic rings. The highest BCUT2D eigenvalue weighted by atomic mass is 32.2. The minimum atomic E-state index is 0.142. The van der Waals surface area contributed by atoms with Crippen LogP contribution in [0.15, 0.2) is 0 Å². The second kappa shape index (κ2) is 9.06. The summed E-state index contributed by atoms with van der Waals surface area (Å²) in [6.45, 7) is 2.90. The topological polar surface area (TPSA) is 26.3 Å². The van der Waals surface area contributed by atoms with E-state index in [4.69, 9.17) is 4.74 Å². The van der Waals surface area contributed by atoms with Crippen LogP contribution in [0.5, 0.6) is 0 Å². The van der Waals surface area contributed by atoms with Crippen molar-refractivity contribution in [1.29, 1.82) is 0 Å². The predicted octanol–water partition coefficient (Wildman–Crippen LogP) is 3.44. The molecular formula is C13H24O2S. The molecule has 0 bridgehead atoms. The largest absolute Gasteiger partial charge is 0.378 e. The van der Waals surface area contributed by atoms with Crippen LogP contribution in [0.4, 0.5) is 0 Å². The fraction of sp³-hybridized carbons (Fsp3) is 0.923. The van der Waals surface area contributed by atoms with Crippen molar-refractivity contribution in [1.82, 2.24) is 0 Å². The Morgan fingerprint density at radius 2 is 2.12 bits per heavy atom. The molecule has 0 aromatic carbocycles. The zero-order valence-electron chi connectivity index (χ0n) is 10.3. The molecule has 0 aliphatic heterocycles. The molecule has 3 heteroatoms. The number of hydrogen-bond donors (Lipinski definition) is 0. The van der Waals surface area contributed by atoms with E-state index in [2.05, 4.69) is 6.92 Å². The molecule has 1 atom stereocenters. The molecule has 1 unspecified atom stereocenters. The summed E-state index contributed by atoms with van der Waals surface area (Å²) in [5.41, 5.74) is 0. The third kappa shape index (κ3) is 5.90. The van der Waals surface area contributed by atoms with Gasteiger partial charge in [0.2, 0.25) is 0 Å². The number of carbonyl (C=O) groups excluding carboxylic acids is 1. The molecule has 0 aromatic heterocycles. The van der Waals surface area contributed by atoms with Gasteiger partial charge in [-0.2, -0.15) is 11.8 Å². The Bertz CT molecular complexity index is 179. The van der Waals surface area contributed by atoms with Gasteiger partial charge in [-0.25, -0.2) is 0 Å². The predicted molar refractivity (Wildman–Crippen MR) is 70.0 cm³/mol. The lowest BCUT2D eigenvalue weighted by atomic mass is 9.98. The number of rotatable bonds is 8. The van der Waals surface area contributed by atoms with Crippen molar-refractivity contribution >= 4 is 18.0 Å². The molecule has 0 spiro atoms. The first kappa shape index (κ1) is 14.0. The van der Waals surface area contributed by atoms with Gasteiger partial charge in [0.1, 0.15) is 6.29 Å². The van der Waals surface area contributed by atoms with Gasteiger partial charge in [0, 0.05) is 6.61 Å². The summed E-state index contributed by atoms with van der Waals surface area (Å²) in [4.78, 5) is 10.8. The van der Waals surface area contributed by atoms with Crippen LogP contribution in [-0.4, -0.2) is 30.0 Å². The van der Waals surface area contributed by atoms with Crippen molar-refractivity contribution in [2.45, 2.75) is 63.2 Å². The first-order valence-electron chi connectivity index (χ1n) is 6.55. The summed E-state index contributed by atoms with van der Waals surface area (Å²) >= 11 is 1.76. The highest BCUT2D eigenvalue weighted by Crippen LogP contribution is 2.21. The number of aldehydes is 1. The smallest absolute Gasteiger partial charge is 0.133 e. The zero-order valence-corrected chi connectivity index (χ0v) is 11.1.